The molecule has 0 saturated heterocycles. The second-order valence-electron chi connectivity index (χ2n) is 4.19. The second kappa shape index (κ2) is 6.06. The van der Waals surface area contributed by atoms with Gasteiger partial charge in [-0.05, 0) is 24.3 Å². The molecule has 108 valence electrons. The monoisotopic (exact) mass is 322 g/mol. The summed E-state index contributed by atoms with van der Waals surface area (Å²) in [5.41, 5.74) is 0.690. The summed E-state index contributed by atoms with van der Waals surface area (Å²) in [6.45, 7) is 0.490. The number of halogens is 1. The third kappa shape index (κ3) is 3.47. The minimum atomic E-state index is -0.264. The molecular weight excluding hydrogens is 312 g/mol. The molecule has 0 bridgehead atoms. The number of urea groups is 1. The Labute approximate surface area is 129 Å². The lowest BCUT2D eigenvalue weighted by atomic mass is 10.3. The van der Waals surface area contributed by atoms with Crippen molar-refractivity contribution in [3.63, 3.8) is 0 Å². The number of hydrogen-bond acceptors (Lipinski definition) is 5. The zero-order chi connectivity index (χ0) is 14.7. The summed E-state index contributed by atoms with van der Waals surface area (Å²) >= 11 is 7.23. The average molecular weight is 323 g/mol. The first-order chi connectivity index (χ1) is 10.2. The standard InChI is InChI=1S/C12H11ClN6OS/c13-8-1-3-9(4-2-8)16-11(20)14-6-5-10-18-19-7-15-17-12(19)21-10/h1-4,7H,5-6H2,(H2,14,16,20). The van der Waals surface area contributed by atoms with Gasteiger partial charge in [0.2, 0.25) is 4.96 Å². The van der Waals surface area contributed by atoms with Crippen LogP contribution in [-0.4, -0.2) is 32.4 Å². The van der Waals surface area contributed by atoms with E-state index in [1.54, 1.807) is 35.1 Å². The van der Waals surface area contributed by atoms with Gasteiger partial charge in [0.25, 0.3) is 0 Å². The SMILES string of the molecule is O=C(NCCc1nn2cnnc2s1)Nc1ccc(Cl)cc1. The van der Waals surface area contributed by atoms with E-state index in [1.165, 1.54) is 11.3 Å². The van der Waals surface area contributed by atoms with Crippen LogP contribution in [0.2, 0.25) is 5.02 Å². The lowest BCUT2D eigenvalue weighted by molar-refractivity contribution is 0.252. The lowest BCUT2D eigenvalue weighted by Crippen LogP contribution is -2.30. The maximum Gasteiger partial charge on any atom is 0.319 e. The summed E-state index contributed by atoms with van der Waals surface area (Å²) in [5.74, 6) is 0. The normalized spacial score (nSPS) is 10.7. The number of carbonyl (C=O) groups excluding carboxylic acids is 1. The van der Waals surface area contributed by atoms with Crippen LogP contribution in [-0.2, 0) is 6.42 Å². The van der Waals surface area contributed by atoms with Crippen molar-refractivity contribution in [3.8, 4) is 0 Å². The number of hydrogen-bond donors (Lipinski definition) is 2. The highest BCUT2D eigenvalue weighted by atomic mass is 35.5. The molecule has 0 atom stereocenters. The molecule has 3 aromatic rings. The summed E-state index contributed by atoms with van der Waals surface area (Å²) in [6.07, 6.45) is 2.19. The number of rotatable bonds is 4. The van der Waals surface area contributed by atoms with Gasteiger partial charge in [0.05, 0.1) is 0 Å². The Morgan fingerprint density at radius 1 is 1.33 bits per heavy atom. The topological polar surface area (TPSA) is 84.2 Å². The molecular formula is C12H11ClN6OS. The Morgan fingerprint density at radius 3 is 2.90 bits per heavy atom. The maximum absolute atomic E-state index is 11.7. The Balaban J connectivity index is 1.47. The number of amides is 2. The van der Waals surface area contributed by atoms with Gasteiger partial charge in [-0.2, -0.15) is 9.61 Å². The molecule has 0 saturated carbocycles. The summed E-state index contributed by atoms with van der Waals surface area (Å²) < 4.78 is 1.62. The van der Waals surface area contributed by atoms with E-state index in [0.29, 0.717) is 23.7 Å². The fourth-order valence-electron chi connectivity index (χ4n) is 1.69. The minimum absolute atomic E-state index is 0.264. The number of nitrogens with zero attached hydrogens (tertiary/aromatic N) is 4. The first-order valence-corrected chi connectivity index (χ1v) is 7.36. The average Bonchev–Trinajstić information content (AvgIpc) is 3.02. The van der Waals surface area contributed by atoms with Crippen LogP contribution in [0.3, 0.4) is 0 Å². The van der Waals surface area contributed by atoms with E-state index in [4.69, 9.17) is 11.6 Å². The predicted octanol–water partition coefficient (Wildman–Crippen LogP) is 2.20. The van der Waals surface area contributed by atoms with Crippen molar-refractivity contribution in [3.05, 3.63) is 40.6 Å². The molecule has 9 heteroatoms. The van der Waals surface area contributed by atoms with Gasteiger partial charge in [-0.25, -0.2) is 4.79 Å². The number of anilines is 1. The molecule has 0 spiro atoms. The summed E-state index contributed by atoms with van der Waals surface area (Å²) in [4.78, 5) is 12.5. The fraction of sp³-hybridized carbons (Fsp3) is 0.167. The van der Waals surface area contributed by atoms with Crippen LogP contribution in [0.5, 0.6) is 0 Å². The quantitative estimate of drug-likeness (QED) is 0.771. The number of benzene rings is 1. The molecule has 2 N–H and O–H groups in total. The van der Waals surface area contributed by atoms with Gasteiger partial charge >= 0.3 is 6.03 Å². The minimum Gasteiger partial charge on any atom is -0.337 e. The smallest absolute Gasteiger partial charge is 0.319 e. The van der Waals surface area contributed by atoms with Crippen LogP contribution < -0.4 is 10.6 Å². The Hall–Kier alpha value is -2.19. The molecule has 0 radical (unpaired) electrons. The van der Waals surface area contributed by atoms with Crippen LogP contribution in [0.15, 0.2) is 30.6 Å². The van der Waals surface area contributed by atoms with Crippen molar-refractivity contribution in [1.29, 1.82) is 0 Å². The van der Waals surface area contributed by atoms with E-state index in [2.05, 4.69) is 25.9 Å². The van der Waals surface area contributed by atoms with E-state index in [9.17, 15) is 4.79 Å². The first kappa shape index (κ1) is 13.8. The maximum atomic E-state index is 11.7. The zero-order valence-corrected chi connectivity index (χ0v) is 12.4. The molecule has 1 aromatic carbocycles. The highest BCUT2D eigenvalue weighted by molar-refractivity contribution is 7.16. The van der Waals surface area contributed by atoms with Crippen LogP contribution in [0.25, 0.3) is 4.96 Å². The molecule has 0 aliphatic heterocycles. The largest absolute Gasteiger partial charge is 0.337 e. The van der Waals surface area contributed by atoms with Gasteiger partial charge in [-0.3, -0.25) is 0 Å². The third-order valence-electron chi connectivity index (χ3n) is 2.66. The van der Waals surface area contributed by atoms with Crippen LogP contribution in [0, 0.1) is 0 Å². The van der Waals surface area contributed by atoms with Gasteiger partial charge < -0.3 is 10.6 Å². The molecule has 7 nitrogen and oxygen atoms in total. The first-order valence-electron chi connectivity index (χ1n) is 6.17. The number of fused-ring (bicyclic) bond motifs is 1. The van der Waals surface area contributed by atoms with Gasteiger partial charge in [0, 0.05) is 23.7 Å². The summed E-state index contributed by atoms with van der Waals surface area (Å²) in [5, 5.41) is 18.9. The van der Waals surface area contributed by atoms with Crippen molar-refractivity contribution in [2.75, 3.05) is 11.9 Å². The van der Waals surface area contributed by atoms with E-state index in [1.807, 2.05) is 0 Å². The highest BCUT2D eigenvalue weighted by Crippen LogP contribution is 2.13. The third-order valence-corrected chi connectivity index (χ3v) is 3.88. The Bertz CT molecular complexity index is 724. The molecule has 0 aliphatic carbocycles. The zero-order valence-electron chi connectivity index (χ0n) is 10.8. The van der Waals surface area contributed by atoms with Crippen molar-refractivity contribution in [2.24, 2.45) is 0 Å². The van der Waals surface area contributed by atoms with Gasteiger partial charge in [0.1, 0.15) is 11.3 Å². The van der Waals surface area contributed by atoms with E-state index >= 15 is 0 Å². The van der Waals surface area contributed by atoms with Crippen molar-refractivity contribution >= 4 is 39.6 Å². The van der Waals surface area contributed by atoms with Crippen molar-refractivity contribution < 1.29 is 4.79 Å². The van der Waals surface area contributed by atoms with E-state index < -0.39 is 0 Å². The molecule has 0 fully saturated rings. The van der Waals surface area contributed by atoms with Gasteiger partial charge in [-0.15, -0.1) is 10.2 Å². The molecule has 2 heterocycles. The molecule has 0 unspecified atom stereocenters. The number of carbonyl (C=O) groups is 1. The van der Waals surface area contributed by atoms with Crippen molar-refractivity contribution in [2.45, 2.75) is 6.42 Å². The fourth-order valence-corrected chi connectivity index (χ4v) is 2.63. The van der Waals surface area contributed by atoms with E-state index in [0.717, 1.165) is 9.97 Å². The van der Waals surface area contributed by atoms with Gasteiger partial charge in [0.15, 0.2) is 0 Å². The molecule has 0 aliphatic rings. The molecule has 2 aromatic heterocycles. The molecule has 2 amide bonds. The van der Waals surface area contributed by atoms with Crippen LogP contribution in [0.4, 0.5) is 10.5 Å². The second-order valence-corrected chi connectivity index (χ2v) is 5.67. The highest BCUT2D eigenvalue weighted by Gasteiger charge is 2.06. The van der Waals surface area contributed by atoms with Crippen LogP contribution in [0.1, 0.15) is 5.01 Å². The Morgan fingerprint density at radius 2 is 2.14 bits per heavy atom. The predicted molar refractivity (Wildman–Crippen MR) is 80.8 cm³/mol. The van der Waals surface area contributed by atoms with Gasteiger partial charge in [-0.1, -0.05) is 22.9 Å². The summed E-state index contributed by atoms with van der Waals surface area (Å²) in [6, 6.07) is 6.66. The molecule has 3 rings (SSSR count). The van der Waals surface area contributed by atoms with E-state index in [-0.39, 0.29) is 6.03 Å². The number of aromatic nitrogens is 4. The van der Waals surface area contributed by atoms with Crippen LogP contribution >= 0.6 is 22.9 Å². The lowest BCUT2D eigenvalue weighted by Gasteiger charge is -2.06. The Kier molecular flexibility index (Phi) is 3.98. The number of nitrogens with one attached hydrogen (secondary N) is 2. The van der Waals surface area contributed by atoms with Crippen molar-refractivity contribution in [1.82, 2.24) is 25.1 Å². The molecule has 21 heavy (non-hydrogen) atoms. The summed E-state index contributed by atoms with van der Waals surface area (Å²) in [7, 11) is 0.